The topological polar surface area (TPSA) is 73.1 Å². The highest BCUT2D eigenvalue weighted by Crippen LogP contribution is 2.28. The lowest BCUT2D eigenvalue weighted by Gasteiger charge is -2.06. The van der Waals surface area contributed by atoms with Crippen molar-refractivity contribution < 1.29 is 17.2 Å². The van der Waals surface area contributed by atoms with Crippen LogP contribution < -0.4 is 5.14 Å². The van der Waals surface area contributed by atoms with Gasteiger partial charge in [0, 0.05) is 3.57 Å². The molecular formula is C6H4BrF2IN2O2S. The van der Waals surface area contributed by atoms with Crippen LogP contribution in [0.3, 0.4) is 0 Å². The van der Waals surface area contributed by atoms with E-state index in [0.717, 1.165) is 6.07 Å². The Balaban J connectivity index is 3.52. The molecule has 1 heterocycles. The number of primary sulfonamides is 1. The first-order valence-electron chi connectivity index (χ1n) is 3.40. The number of nitrogens with two attached hydrogens (primary N) is 1. The summed E-state index contributed by atoms with van der Waals surface area (Å²) in [5.74, 6) is 0. The molecule has 0 atom stereocenters. The molecule has 0 unspecified atom stereocenters. The number of sulfonamides is 1. The average molecular weight is 413 g/mol. The molecule has 1 rings (SSSR count). The van der Waals surface area contributed by atoms with Crippen LogP contribution in [-0.4, -0.2) is 13.4 Å². The van der Waals surface area contributed by atoms with Crippen molar-refractivity contribution in [3.05, 3.63) is 19.8 Å². The number of nitrogens with zero attached hydrogens (tertiary/aromatic N) is 1. The van der Waals surface area contributed by atoms with E-state index in [2.05, 4.69) is 20.9 Å². The molecule has 0 aliphatic rings. The molecule has 15 heavy (non-hydrogen) atoms. The fourth-order valence-corrected chi connectivity index (χ4v) is 3.02. The summed E-state index contributed by atoms with van der Waals surface area (Å²) < 4.78 is 47.1. The Kier molecular flexibility index (Phi) is 4.01. The van der Waals surface area contributed by atoms with E-state index in [0.29, 0.717) is 3.57 Å². The Labute approximate surface area is 107 Å². The number of halogens is 4. The fourth-order valence-electron chi connectivity index (χ4n) is 0.794. The molecule has 2 N–H and O–H groups in total. The summed E-state index contributed by atoms with van der Waals surface area (Å²) in [7, 11) is -4.11. The van der Waals surface area contributed by atoms with Crippen LogP contribution in [0.4, 0.5) is 8.78 Å². The normalized spacial score (nSPS) is 12.1. The average Bonchev–Trinajstić information content (AvgIpc) is 2.06. The van der Waals surface area contributed by atoms with Gasteiger partial charge in [0.1, 0.15) is 5.69 Å². The van der Waals surface area contributed by atoms with E-state index in [9.17, 15) is 17.2 Å². The van der Waals surface area contributed by atoms with Gasteiger partial charge in [0.25, 0.3) is 16.4 Å². The summed E-state index contributed by atoms with van der Waals surface area (Å²) in [6.07, 6.45) is -2.84. The second-order valence-corrected chi connectivity index (χ2v) is 5.93. The highest BCUT2D eigenvalue weighted by Gasteiger charge is 2.21. The van der Waals surface area contributed by atoms with Crippen LogP contribution in [-0.2, 0) is 10.0 Å². The van der Waals surface area contributed by atoms with Crippen molar-refractivity contribution >= 4 is 48.5 Å². The number of alkyl halides is 2. The molecule has 1 aromatic heterocycles. The van der Waals surface area contributed by atoms with Gasteiger partial charge in [0.05, 0.1) is 4.47 Å². The van der Waals surface area contributed by atoms with Crippen molar-refractivity contribution in [3.63, 3.8) is 0 Å². The number of hydrogen-bond donors (Lipinski definition) is 1. The van der Waals surface area contributed by atoms with E-state index < -0.39 is 27.2 Å². The van der Waals surface area contributed by atoms with Gasteiger partial charge in [-0.15, -0.1) is 0 Å². The van der Waals surface area contributed by atoms with Gasteiger partial charge in [-0.3, -0.25) is 0 Å². The molecule has 9 heteroatoms. The predicted molar refractivity (Wildman–Crippen MR) is 61.0 cm³/mol. The molecule has 1 aromatic rings. The number of pyridine rings is 1. The molecule has 4 nitrogen and oxygen atoms in total. The van der Waals surface area contributed by atoms with Crippen molar-refractivity contribution in [1.29, 1.82) is 0 Å². The van der Waals surface area contributed by atoms with Crippen LogP contribution in [0.25, 0.3) is 0 Å². The molecule has 0 spiro atoms. The number of rotatable bonds is 2. The van der Waals surface area contributed by atoms with Crippen LogP contribution in [0.15, 0.2) is 15.6 Å². The molecular weight excluding hydrogens is 409 g/mol. The van der Waals surface area contributed by atoms with Crippen LogP contribution >= 0.6 is 38.5 Å². The fraction of sp³-hybridized carbons (Fsp3) is 0.167. The maximum absolute atomic E-state index is 12.3. The van der Waals surface area contributed by atoms with E-state index >= 15 is 0 Å². The van der Waals surface area contributed by atoms with Crippen molar-refractivity contribution in [2.45, 2.75) is 11.5 Å². The standard InChI is InChI=1S/C6H4BrF2IN2O2S/c7-4-2(10)1-3(5(8)9)12-6(4)15(11,13)14/h1,5H,(H2,11,13,14). The minimum Gasteiger partial charge on any atom is -0.233 e. The quantitative estimate of drug-likeness (QED) is 0.755. The SMILES string of the molecule is NS(=O)(=O)c1nc(C(F)F)cc(I)c1Br. The van der Waals surface area contributed by atoms with Crippen LogP contribution in [0.2, 0.25) is 0 Å². The number of hydrogen-bond acceptors (Lipinski definition) is 3. The molecule has 0 aliphatic heterocycles. The van der Waals surface area contributed by atoms with Crippen LogP contribution in [0.1, 0.15) is 12.1 Å². The molecule has 84 valence electrons. The zero-order chi connectivity index (χ0) is 11.8. The molecule has 0 aromatic carbocycles. The lowest BCUT2D eigenvalue weighted by atomic mass is 10.4. The zero-order valence-electron chi connectivity index (χ0n) is 6.92. The molecule has 0 amide bonds. The Morgan fingerprint density at radius 3 is 2.47 bits per heavy atom. The van der Waals surface area contributed by atoms with Gasteiger partial charge in [-0.2, -0.15) is 0 Å². The largest absolute Gasteiger partial charge is 0.280 e. The summed E-state index contributed by atoms with van der Waals surface area (Å²) in [6.45, 7) is 0. The molecule has 0 bridgehead atoms. The molecule has 0 saturated heterocycles. The van der Waals surface area contributed by atoms with Crippen LogP contribution in [0, 0.1) is 3.57 Å². The Morgan fingerprint density at radius 1 is 1.53 bits per heavy atom. The van der Waals surface area contributed by atoms with E-state index in [1.54, 1.807) is 22.6 Å². The summed E-state index contributed by atoms with van der Waals surface area (Å²) >= 11 is 4.63. The van der Waals surface area contributed by atoms with E-state index in [1.165, 1.54) is 0 Å². The maximum atomic E-state index is 12.3. The highest BCUT2D eigenvalue weighted by atomic mass is 127. The van der Waals surface area contributed by atoms with E-state index in [4.69, 9.17) is 5.14 Å². The zero-order valence-corrected chi connectivity index (χ0v) is 11.5. The van der Waals surface area contributed by atoms with Crippen LogP contribution in [0.5, 0.6) is 0 Å². The number of aromatic nitrogens is 1. The Hall–Kier alpha value is 0.130. The van der Waals surface area contributed by atoms with Gasteiger partial charge in [-0.05, 0) is 44.6 Å². The lowest BCUT2D eigenvalue weighted by Crippen LogP contribution is -2.16. The molecule has 0 aliphatic carbocycles. The third-order valence-electron chi connectivity index (χ3n) is 1.40. The van der Waals surface area contributed by atoms with Crippen molar-refractivity contribution in [1.82, 2.24) is 4.98 Å². The summed E-state index contributed by atoms with van der Waals surface area (Å²) in [4.78, 5) is 3.29. The molecule has 0 radical (unpaired) electrons. The van der Waals surface area contributed by atoms with Gasteiger partial charge in [-0.1, -0.05) is 0 Å². The third kappa shape index (κ3) is 3.04. The van der Waals surface area contributed by atoms with Gasteiger partial charge in [0.2, 0.25) is 0 Å². The maximum Gasteiger partial charge on any atom is 0.280 e. The second-order valence-electron chi connectivity index (χ2n) is 2.49. The minimum absolute atomic E-state index is 0.0926. The van der Waals surface area contributed by atoms with Gasteiger partial charge >= 0.3 is 0 Å². The molecule has 0 saturated carbocycles. The lowest BCUT2D eigenvalue weighted by molar-refractivity contribution is 0.145. The minimum atomic E-state index is -4.11. The van der Waals surface area contributed by atoms with Crippen molar-refractivity contribution in [2.75, 3.05) is 0 Å². The Bertz CT molecular complexity index is 494. The third-order valence-corrected chi connectivity index (χ3v) is 4.89. The predicted octanol–water partition coefficient (Wildman–Crippen LogP) is 2.03. The second kappa shape index (κ2) is 4.55. The first-order chi connectivity index (χ1) is 6.73. The van der Waals surface area contributed by atoms with E-state index in [1.807, 2.05) is 0 Å². The first-order valence-corrected chi connectivity index (χ1v) is 6.82. The highest BCUT2D eigenvalue weighted by molar-refractivity contribution is 14.1. The smallest absolute Gasteiger partial charge is 0.233 e. The first kappa shape index (κ1) is 13.2. The summed E-state index contributed by atoms with van der Waals surface area (Å²) in [5.41, 5.74) is -0.619. The van der Waals surface area contributed by atoms with Gasteiger partial charge in [-0.25, -0.2) is 27.3 Å². The van der Waals surface area contributed by atoms with Crippen molar-refractivity contribution in [2.24, 2.45) is 5.14 Å². The van der Waals surface area contributed by atoms with Crippen molar-refractivity contribution in [3.8, 4) is 0 Å². The van der Waals surface area contributed by atoms with Gasteiger partial charge in [0.15, 0.2) is 5.03 Å². The summed E-state index contributed by atoms with van der Waals surface area (Å²) in [5, 5.41) is 4.25. The summed E-state index contributed by atoms with van der Waals surface area (Å²) in [6, 6.07) is 1.09. The van der Waals surface area contributed by atoms with E-state index in [-0.39, 0.29) is 4.47 Å². The monoisotopic (exact) mass is 412 g/mol. The Morgan fingerprint density at radius 2 is 2.07 bits per heavy atom. The van der Waals surface area contributed by atoms with Gasteiger partial charge < -0.3 is 0 Å². The molecule has 0 fully saturated rings.